The van der Waals surface area contributed by atoms with Crippen molar-refractivity contribution < 1.29 is 4.79 Å². The van der Waals surface area contributed by atoms with Crippen LogP contribution < -0.4 is 11.1 Å². The number of nitrogens with one attached hydrogen (secondary N) is 1. The maximum atomic E-state index is 12.2. The van der Waals surface area contributed by atoms with E-state index in [1.54, 1.807) is 6.07 Å². The van der Waals surface area contributed by atoms with Crippen molar-refractivity contribution in [3.63, 3.8) is 0 Å². The third-order valence-corrected chi connectivity index (χ3v) is 4.06. The molecular formula is C15H14BrN3O. The lowest BCUT2D eigenvalue weighted by molar-refractivity contribution is -0.117. The molecule has 20 heavy (non-hydrogen) atoms. The first kappa shape index (κ1) is 13.1. The van der Waals surface area contributed by atoms with E-state index in [4.69, 9.17) is 5.73 Å². The van der Waals surface area contributed by atoms with E-state index in [1.165, 1.54) is 11.8 Å². The minimum Gasteiger partial charge on any atom is -0.397 e. The fourth-order valence-corrected chi connectivity index (χ4v) is 2.77. The zero-order valence-corrected chi connectivity index (χ0v) is 12.3. The molecule has 0 spiro atoms. The first-order valence-corrected chi connectivity index (χ1v) is 7.21. The molecule has 1 heterocycles. The van der Waals surface area contributed by atoms with Gasteiger partial charge in [-0.05, 0) is 39.9 Å². The number of hydrogen-bond donors (Lipinski definition) is 2. The Balaban J connectivity index is 1.67. The van der Waals surface area contributed by atoms with E-state index >= 15 is 0 Å². The van der Waals surface area contributed by atoms with Crippen LogP contribution in [-0.4, -0.2) is 10.9 Å². The second kappa shape index (κ2) is 5.25. The number of carbonyl (C=O) groups is 1. The quantitative estimate of drug-likeness (QED) is 0.907. The number of nitrogens with two attached hydrogens (primary N) is 1. The van der Waals surface area contributed by atoms with Gasteiger partial charge in [-0.2, -0.15) is 0 Å². The molecule has 2 aromatic rings. The molecule has 0 bridgehead atoms. The Morgan fingerprint density at radius 3 is 2.80 bits per heavy atom. The van der Waals surface area contributed by atoms with Crippen LogP contribution in [0.25, 0.3) is 0 Å². The molecule has 1 amide bonds. The van der Waals surface area contributed by atoms with Crippen LogP contribution in [0.4, 0.5) is 11.5 Å². The van der Waals surface area contributed by atoms with E-state index in [-0.39, 0.29) is 11.8 Å². The Hall–Kier alpha value is -1.88. The number of halogens is 1. The Morgan fingerprint density at radius 2 is 2.10 bits per heavy atom. The van der Waals surface area contributed by atoms with Crippen molar-refractivity contribution in [3.8, 4) is 0 Å². The maximum Gasteiger partial charge on any atom is 0.229 e. The molecule has 5 heteroatoms. The summed E-state index contributed by atoms with van der Waals surface area (Å²) in [7, 11) is 0. The summed E-state index contributed by atoms with van der Waals surface area (Å²) in [6, 6.07) is 11.8. The van der Waals surface area contributed by atoms with Crippen molar-refractivity contribution in [2.75, 3.05) is 11.1 Å². The summed E-state index contributed by atoms with van der Waals surface area (Å²) in [5, 5.41) is 2.85. The molecule has 1 aliphatic carbocycles. The Labute approximate surface area is 125 Å². The molecule has 2 unspecified atom stereocenters. The molecule has 4 nitrogen and oxygen atoms in total. The Bertz CT molecular complexity index is 645. The minimum absolute atomic E-state index is 0.0109. The predicted octanol–water partition coefficient (Wildman–Crippen LogP) is 3.17. The molecule has 0 saturated heterocycles. The Kier molecular flexibility index (Phi) is 3.44. The molecule has 1 aromatic carbocycles. The maximum absolute atomic E-state index is 12.2. The molecule has 1 saturated carbocycles. The van der Waals surface area contributed by atoms with Gasteiger partial charge in [0.05, 0.1) is 16.4 Å². The van der Waals surface area contributed by atoms with Gasteiger partial charge in [0.2, 0.25) is 5.91 Å². The van der Waals surface area contributed by atoms with E-state index in [2.05, 4.69) is 38.4 Å². The number of carbonyl (C=O) groups excluding carboxylic acids is 1. The van der Waals surface area contributed by atoms with Gasteiger partial charge in [-0.25, -0.2) is 4.98 Å². The molecule has 3 N–H and O–H groups in total. The molecule has 0 aliphatic heterocycles. The van der Waals surface area contributed by atoms with Crippen LogP contribution in [0.3, 0.4) is 0 Å². The minimum atomic E-state index is 0.0109. The largest absolute Gasteiger partial charge is 0.397 e. The SMILES string of the molecule is Nc1cnc(NC(=O)C2CC2c2ccccc2)c(Br)c1. The lowest BCUT2D eigenvalue weighted by atomic mass is 10.1. The second-order valence-corrected chi connectivity index (χ2v) is 5.80. The van der Waals surface area contributed by atoms with E-state index < -0.39 is 0 Å². The lowest BCUT2D eigenvalue weighted by Crippen LogP contribution is -2.16. The summed E-state index contributed by atoms with van der Waals surface area (Å²) in [5.41, 5.74) is 7.40. The van der Waals surface area contributed by atoms with Gasteiger partial charge in [0.15, 0.2) is 0 Å². The summed E-state index contributed by atoms with van der Waals surface area (Å²) in [6.45, 7) is 0. The van der Waals surface area contributed by atoms with Crippen molar-refractivity contribution >= 4 is 33.3 Å². The topological polar surface area (TPSA) is 68.0 Å². The van der Waals surface area contributed by atoms with Crippen LogP contribution in [0.5, 0.6) is 0 Å². The van der Waals surface area contributed by atoms with Gasteiger partial charge in [-0.3, -0.25) is 4.79 Å². The van der Waals surface area contributed by atoms with Crippen molar-refractivity contribution in [2.45, 2.75) is 12.3 Å². The van der Waals surface area contributed by atoms with Crippen LogP contribution in [0, 0.1) is 5.92 Å². The predicted molar refractivity (Wildman–Crippen MR) is 82.3 cm³/mol. The number of anilines is 2. The summed E-state index contributed by atoms with van der Waals surface area (Å²) in [4.78, 5) is 16.3. The highest BCUT2D eigenvalue weighted by molar-refractivity contribution is 9.10. The van der Waals surface area contributed by atoms with E-state index in [0.29, 0.717) is 21.9 Å². The third-order valence-electron chi connectivity index (χ3n) is 3.46. The van der Waals surface area contributed by atoms with Gasteiger partial charge < -0.3 is 11.1 Å². The van der Waals surface area contributed by atoms with Gasteiger partial charge in [-0.1, -0.05) is 30.3 Å². The number of aromatic nitrogens is 1. The molecule has 2 atom stereocenters. The standard InChI is InChI=1S/C15H14BrN3O/c16-13-6-10(17)8-18-14(13)19-15(20)12-7-11(12)9-4-2-1-3-5-9/h1-6,8,11-12H,7,17H2,(H,18,19,20). The highest BCUT2D eigenvalue weighted by Gasteiger charge is 2.44. The fraction of sp³-hybridized carbons (Fsp3) is 0.200. The fourth-order valence-electron chi connectivity index (χ4n) is 2.31. The first-order chi connectivity index (χ1) is 9.65. The van der Waals surface area contributed by atoms with Gasteiger partial charge in [0.1, 0.15) is 5.82 Å². The van der Waals surface area contributed by atoms with Crippen molar-refractivity contribution in [3.05, 3.63) is 52.6 Å². The van der Waals surface area contributed by atoms with Crippen LogP contribution in [0.15, 0.2) is 47.1 Å². The molecule has 3 rings (SSSR count). The number of benzene rings is 1. The van der Waals surface area contributed by atoms with Crippen LogP contribution in [0.2, 0.25) is 0 Å². The average Bonchev–Trinajstić information content (AvgIpc) is 3.23. The van der Waals surface area contributed by atoms with Crippen LogP contribution in [-0.2, 0) is 4.79 Å². The molecule has 102 valence electrons. The zero-order valence-electron chi connectivity index (χ0n) is 10.7. The monoisotopic (exact) mass is 331 g/mol. The highest BCUT2D eigenvalue weighted by Crippen LogP contribution is 2.47. The molecule has 1 aromatic heterocycles. The molecule has 0 radical (unpaired) electrons. The smallest absolute Gasteiger partial charge is 0.229 e. The zero-order chi connectivity index (χ0) is 14.1. The van der Waals surface area contributed by atoms with Gasteiger partial charge in [0.25, 0.3) is 0 Å². The van der Waals surface area contributed by atoms with Gasteiger partial charge >= 0.3 is 0 Å². The van der Waals surface area contributed by atoms with E-state index in [1.807, 2.05) is 18.2 Å². The van der Waals surface area contributed by atoms with E-state index in [0.717, 1.165) is 6.42 Å². The highest BCUT2D eigenvalue weighted by atomic mass is 79.9. The molecule has 1 fully saturated rings. The summed E-state index contributed by atoms with van der Waals surface area (Å²) >= 11 is 3.35. The number of nitrogen functional groups attached to an aromatic ring is 1. The van der Waals surface area contributed by atoms with Gasteiger partial charge in [0, 0.05) is 5.92 Å². The van der Waals surface area contributed by atoms with Crippen LogP contribution in [0.1, 0.15) is 17.9 Å². The lowest BCUT2D eigenvalue weighted by Gasteiger charge is -2.06. The normalized spacial score (nSPS) is 20.4. The number of hydrogen-bond acceptors (Lipinski definition) is 3. The van der Waals surface area contributed by atoms with Crippen molar-refractivity contribution in [2.24, 2.45) is 5.92 Å². The average molecular weight is 332 g/mol. The molecule has 1 aliphatic rings. The van der Waals surface area contributed by atoms with Crippen molar-refractivity contribution in [1.29, 1.82) is 0 Å². The third kappa shape index (κ3) is 2.67. The summed E-state index contributed by atoms with van der Waals surface area (Å²) in [5.74, 6) is 0.882. The number of nitrogens with zero attached hydrogens (tertiary/aromatic N) is 1. The Morgan fingerprint density at radius 1 is 1.35 bits per heavy atom. The number of pyridine rings is 1. The summed E-state index contributed by atoms with van der Waals surface area (Å²) in [6.07, 6.45) is 2.42. The number of rotatable bonds is 3. The van der Waals surface area contributed by atoms with Crippen LogP contribution >= 0.6 is 15.9 Å². The second-order valence-electron chi connectivity index (χ2n) is 4.95. The molecular weight excluding hydrogens is 318 g/mol. The van der Waals surface area contributed by atoms with E-state index in [9.17, 15) is 4.79 Å². The van der Waals surface area contributed by atoms with Crippen molar-refractivity contribution in [1.82, 2.24) is 4.98 Å². The number of amides is 1. The first-order valence-electron chi connectivity index (χ1n) is 6.42. The van der Waals surface area contributed by atoms with Gasteiger partial charge in [-0.15, -0.1) is 0 Å². The summed E-state index contributed by atoms with van der Waals surface area (Å²) < 4.78 is 0.697.